The third kappa shape index (κ3) is 7.42. The van der Waals surface area contributed by atoms with Crippen LogP contribution in [-0.4, -0.2) is 63.9 Å². The highest BCUT2D eigenvalue weighted by Crippen LogP contribution is 2.40. The summed E-state index contributed by atoms with van der Waals surface area (Å²) >= 11 is 0. The molecule has 3 heterocycles. The number of nitrogens with zero attached hydrogens (tertiary/aromatic N) is 4. The van der Waals surface area contributed by atoms with E-state index in [2.05, 4.69) is 60.6 Å². The molecule has 1 saturated heterocycles. The average Bonchev–Trinajstić information content (AvgIpc) is 3.22. The van der Waals surface area contributed by atoms with Crippen molar-refractivity contribution >= 4 is 24.9 Å². The number of nitrogens with one attached hydrogen (secondary N) is 1. The number of benzene rings is 1. The second-order valence-corrected chi connectivity index (χ2v) is 18.5. The van der Waals surface area contributed by atoms with E-state index in [4.69, 9.17) is 4.74 Å². The van der Waals surface area contributed by atoms with Crippen LogP contribution in [0.25, 0.3) is 22.2 Å². The van der Waals surface area contributed by atoms with Gasteiger partial charge in [-0.3, -0.25) is 4.90 Å². The smallest absolute Gasteiger partial charge is 0.392 e. The summed E-state index contributed by atoms with van der Waals surface area (Å²) in [6.45, 7) is 15.6. The number of fused-ring (bicyclic) bond motifs is 1. The zero-order valence-electron chi connectivity index (χ0n) is 24.4. The number of piperidine rings is 1. The predicted molar refractivity (Wildman–Crippen MR) is 156 cm³/mol. The summed E-state index contributed by atoms with van der Waals surface area (Å²) in [6, 6.07) is 6.27. The molecule has 3 aromatic rings. The van der Waals surface area contributed by atoms with Crippen LogP contribution >= 0.6 is 0 Å². The maximum absolute atomic E-state index is 14.2. The van der Waals surface area contributed by atoms with Gasteiger partial charge in [0.05, 0.1) is 17.8 Å². The standard InChI is InChI=1S/C29H42F3N5O2Si/c1-28(2,3)37-11-7-8-21(16-37)34-27-33-15-24(29(30,31)32)26(35-27)23-17-36(19-39-12-13-40(4,5)6)25-14-20(18-38)9-10-22(23)25/h9-10,14-15,17,21,38H,7-8,11-13,16,18-19H2,1-6H3,(H,33,34,35)/t21-/m0/s1. The number of aliphatic hydroxyl groups is 1. The highest BCUT2D eigenvalue weighted by Gasteiger charge is 2.37. The molecule has 0 saturated carbocycles. The first-order chi connectivity index (χ1) is 18.7. The molecule has 0 bridgehead atoms. The van der Waals surface area contributed by atoms with E-state index < -0.39 is 19.8 Å². The molecule has 0 unspecified atom stereocenters. The van der Waals surface area contributed by atoms with Crippen molar-refractivity contribution in [1.29, 1.82) is 0 Å². The highest BCUT2D eigenvalue weighted by atomic mass is 28.3. The van der Waals surface area contributed by atoms with Crippen molar-refractivity contribution in [2.45, 2.75) is 90.4 Å². The minimum atomic E-state index is -4.63. The molecule has 0 spiro atoms. The van der Waals surface area contributed by atoms with Gasteiger partial charge in [-0.25, -0.2) is 9.97 Å². The van der Waals surface area contributed by atoms with E-state index >= 15 is 0 Å². The second kappa shape index (κ2) is 11.8. The first-order valence-corrected chi connectivity index (χ1v) is 17.6. The third-order valence-electron chi connectivity index (χ3n) is 7.41. The second-order valence-electron chi connectivity index (χ2n) is 12.9. The van der Waals surface area contributed by atoms with E-state index in [-0.39, 0.29) is 36.6 Å². The molecule has 1 aliphatic rings. The number of aromatic nitrogens is 3. The zero-order chi connectivity index (χ0) is 29.3. The molecular weight excluding hydrogens is 535 g/mol. The minimum Gasteiger partial charge on any atom is -0.392 e. The number of rotatable bonds is 9. The Hall–Kier alpha value is -2.47. The van der Waals surface area contributed by atoms with Crippen molar-refractivity contribution in [3.8, 4) is 11.3 Å². The first-order valence-electron chi connectivity index (χ1n) is 13.9. The van der Waals surface area contributed by atoms with Gasteiger partial charge in [0.1, 0.15) is 12.3 Å². The monoisotopic (exact) mass is 577 g/mol. The maximum atomic E-state index is 14.2. The summed E-state index contributed by atoms with van der Waals surface area (Å²) in [6.07, 6.45) is -0.200. The van der Waals surface area contributed by atoms with Crippen molar-refractivity contribution in [2.24, 2.45) is 0 Å². The van der Waals surface area contributed by atoms with Crippen LogP contribution in [0.4, 0.5) is 19.1 Å². The summed E-state index contributed by atoms with van der Waals surface area (Å²) in [4.78, 5) is 10.9. The van der Waals surface area contributed by atoms with E-state index in [1.54, 1.807) is 29.0 Å². The molecule has 0 amide bonds. The van der Waals surface area contributed by atoms with Gasteiger partial charge < -0.3 is 19.7 Å². The molecule has 1 atom stereocenters. The Balaban J connectivity index is 1.71. The molecule has 1 aliphatic heterocycles. The lowest BCUT2D eigenvalue weighted by molar-refractivity contribution is -0.137. The Morgan fingerprint density at radius 2 is 1.93 bits per heavy atom. The highest BCUT2D eigenvalue weighted by molar-refractivity contribution is 6.76. The zero-order valence-corrected chi connectivity index (χ0v) is 25.4. The Bertz CT molecular complexity index is 1310. The fourth-order valence-electron chi connectivity index (χ4n) is 5.02. The Labute approximate surface area is 235 Å². The van der Waals surface area contributed by atoms with Gasteiger partial charge in [-0.05, 0) is 57.8 Å². The quantitative estimate of drug-likeness (QED) is 0.221. The van der Waals surface area contributed by atoms with Crippen molar-refractivity contribution in [3.05, 3.63) is 41.7 Å². The molecule has 11 heteroatoms. The largest absolute Gasteiger partial charge is 0.419 e. The number of likely N-dealkylation sites (tertiary alicyclic amines) is 1. The number of hydrogen-bond donors (Lipinski definition) is 2. The van der Waals surface area contributed by atoms with E-state index in [1.165, 1.54) is 0 Å². The van der Waals surface area contributed by atoms with Crippen LogP contribution in [0, 0.1) is 0 Å². The molecule has 2 N–H and O–H groups in total. The van der Waals surface area contributed by atoms with Gasteiger partial charge in [-0.2, -0.15) is 13.2 Å². The Morgan fingerprint density at radius 3 is 2.58 bits per heavy atom. The lowest BCUT2D eigenvalue weighted by Crippen LogP contribution is -2.50. The number of aliphatic hydroxyl groups excluding tert-OH is 1. The average molecular weight is 578 g/mol. The van der Waals surface area contributed by atoms with Crippen LogP contribution in [0.1, 0.15) is 44.7 Å². The van der Waals surface area contributed by atoms with Gasteiger partial charge in [0.25, 0.3) is 0 Å². The van der Waals surface area contributed by atoms with Crippen LogP contribution in [-0.2, 0) is 24.3 Å². The molecule has 1 aromatic carbocycles. The number of anilines is 1. The van der Waals surface area contributed by atoms with Crippen LogP contribution in [0.15, 0.2) is 30.6 Å². The minimum absolute atomic E-state index is 0.00109. The summed E-state index contributed by atoms with van der Waals surface area (Å²) in [7, 11) is -1.30. The lowest BCUT2D eigenvalue weighted by atomic mass is 9.98. The molecule has 40 heavy (non-hydrogen) atoms. The van der Waals surface area contributed by atoms with Gasteiger partial charge in [-0.15, -0.1) is 0 Å². The molecule has 7 nitrogen and oxygen atoms in total. The van der Waals surface area contributed by atoms with Gasteiger partial charge in [0.15, 0.2) is 0 Å². The third-order valence-corrected chi connectivity index (χ3v) is 9.11. The van der Waals surface area contributed by atoms with Crippen molar-refractivity contribution in [2.75, 3.05) is 25.0 Å². The van der Waals surface area contributed by atoms with E-state index in [1.807, 2.05) is 0 Å². The van der Waals surface area contributed by atoms with Gasteiger partial charge in [0.2, 0.25) is 5.95 Å². The number of halogens is 3. The predicted octanol–water partition coefficient (Wildman–Crippen LogP) is 6.60. The van der Waals surface area contributed by atoms with E-state index in [9.17, 15) is 18.3 Å². The molecule has 4 rings (SSSR count). The topological polar surface area (TPSA) is 75.4 Å². The van der Waals surface area contributed by atoms with Gasteiger partial charge >= 0.3 is 6.18 Å². The summed E-state index contributed by atoms with van der Waals surface area (Å²) < 4.78 is 50.4. The fourth-order valence-corrected chi connectivity index (χ4v) is 5.78. The molecule has 2 aromatic heterocycles. The SMILES string of the molecule is CC(C)(C)N1CCC[C@H](Nc2ncc(C(F)(F)F)c(-c3cn(COCC[Si](C)(C)C)c4cc(CO)ccc34)n2)C1. The normalized spacial score (nSPS) is 17.5. The molecular formula is C29H42F3N5O2Si. The van der Waals surface area contributed by atoms with Crippen LogP contribution in [0.2, 0.25) is 25.7 Å². The number of hydrogen-bond acceptors (Lipinski definition) is 6. The summed E-state index contributed by atoms with van der Waals surface area (Å²) in [5, 5.41) is 13.6. The van der Waals surface area contributed by atoms with Crippen LogP contribution in [0.3, 0.4) is 0 Å². The van der Waals surface area contributed by atoms with Crippen molar-refractivity contribution in [1.82, 2.24) is 19.4 Å². The van der Waals surface area contributed by atoms with Crippen LogP contribution in [0.5, 0.6) is 0 Å². The molecule has 0 aliphatic carbocycles. The summed E-state index contributed by atoms with van der Waals surface area (Å²) in [5.41, 5.74) is 0.648. The molecule has 220 valence electrons. The number of alkyl halides is 3. The van der Waals surface area contributed by atoms with Crippen molar-refractivity contribution in [3.63, 3.8) is 0 Å². The fraction of sp³-hybridized carbons (Fsp3) is 0.586. The summed E-state index contributed by atoms with van der Waals surface area (Å²) in [5.74, 6) is 0.183. The lowest BCUT2D eigenvalue weighted by Gasteiger charge is -2.41. The van der Waals surface area contributed by atoms with Crippen molar-refractivity contribution < 1.29 is 23.0 Å². The Kier molecular flexibility index (Phi) is 8.99. The Morgan fingerprint density at radius 1 is 1.18 bits per heavy atom. The molecule has 0 radical (unpaired) electrons. The number of ether oxygens (including phenoxy) is 1. The van der Waals surface area contributed by atoms with Gasteiger partial charge in [0, 0.05) is 56.1 Å². The van der Waals surface area contributed by atoms with E-state index in [0.29, 0.717) is 28.6 Å². The maximum Gasteiger partial charge on any atom is 0.419 e. The first kappa shape index (κ1) is 30.5. The van der Waals surface area contributed by atoms with E-state index in [0.717, 1.165) is 38.2 Å². The van der Waals surface area contributed by atoms with Crippen LogP contribution < -0.4 is 5.32 Å². The molecule has 1 fully saturated rings. The van der Waals surface area contributed by atoms with Gasteiger partial charge in [-0.1, -0.05) is 31.8 Å².